The number of rotatable bonds is 21. The summed E-state index contributed by atoms with van der Waals surface area (Å²) >= 11 is 1.36. The Kier molecular flexibility index (Phi) is 16.4. The first-order valence-electron chi connectivity index (χ1n) is 13.2. The Labute approximate surface area is 238 Å². The third kappa shape index (κ3) is 14.2. The number of carbonyl (C=O) groups excluding carboxylic acids is 3. The molecular weight excluding hydrogens is 542 g/mol. The number of thioether (sulfide) groups is 1. The summed E-state index contributed by atoms with van der Waals surface area (Å²) in [5.74, 6) is -3.29. The lowest BCUT2D eigenvalue weighted by Crippen LogP contribution is -2.49. The Hall–Kier alpha value is -3.32. The molecule has 0 bridgehead atoms. The summed E-state index contributed by atoms with van der Waals surface area (Å²) in [7, 11) is 1.45. The van der Waals surface area contributed by atoms with E-state index in [1.54, 1.807) is 12.1 Å². The average molecular weight is 584 g/mol. The smallest absolute Gasteiger partial charge is 0.322 e. The second-order valence-electron chi connectivity index (χ2n) is 9.42. The molecule has 0 aromatic heterocycles. The first kappa shape index (κ1) is 34.7. The molecule has 1 aromatic rings. The van der Waals surface area contributed by atoms with Crippen LogP contribution >= 0.6 is 11.8 Å². The molecule has 0 aliphatic carbocycles. The fourth-order valence-corrected chi connectivity index (χ4v) is 5.10. The van der Waals surface area contributed by atoms with Crippen LogP contribution in [0.4, 0.5) is 0 Å². The maximum atomic E-state index is 12.9. The summed E-state index contributed by atoms with van der Waals surface area (Å²) in [4.78, 5) is 59.7. The standard InChI is InChI=1S/C27H41N3O9S/c1-3-4-5-6-19(14-18(31)9-7-17-8-11-22(32)23(13-17)39-2)40-16-21(26(36)29-15-25(34)35)30-24(33)12-10-20(28)27(37)38/h8,11,13,19-21,32H,3-7,9-10,12,14-16,28H2,1-2H3,(H,29,36)(H,30,33)(H,34,35)(H,37,38)/t19-,20+,21+/m1/s1. The number of carbonyl (C=O) groups is 5. The molecule has 0 saturated carbocycles. The van der Waals surface area contributed by atoms with Gasteiger partial charge in [-0.3, -0.25) is 24.0 Å². The predicted molar refractivity (Wildman–Crippen MR) is 150 cm³/mol. The predicted octanol–water partition coefficient (Wildman–Crippen LogP) is 1.85. The molecule has 0 saturated heterocycles. The van der Waals surface area contributed by atoms with Gasteiger partial charge in [-0.25, -0.2) is 0 Å². The molecule has 1 aromatic carbocycles. The lowest BCUT2D eigenvalue weighted by Gasteiger charge is -2.22. The second kappa shape index (κ2) is 18.9. The summed E-state index contributed by atoms with van der Waals surface area (Å²) in [5.41, 5.74) is 6.29. The van der Waals surface area contributed by atoms with E-state index in [9.17, 15) is 29.1 Å². The molecule has 0 radical (unpaired) electrons. The minimum atomic E-state index is -1.25. The minimum absolute atomic E-state index is 0.0173. The monoisotopic (exact) mass is 583 g/mol. The van der Waals surface area contributed by atoms with Crippen LogP contribution in [0.15, 0.2) is 18.2 Å². The summed E-state index contributed by atoms with van der Waals surface area (Å²) in [6.07, 6.45) is 4.23. The number of carboxylic acid groups (broad SMARTS) is 2. The van der Waals surface area contributed by atoms with Crippen molar-refractivity contribution < 1.29 is 44.0 Å². The van der Waals surface area contributed by atoms with Crippen molar-refractivity contribution in [2.24, 2.45) is 5.73 Å². The molecule has 0 fully saturated rings. The van der Waals surface area contributed by atoms with Crippen molar-refractivity contribution in [3.8, 4) is 11.5 Å². The molecule has 0 unspecified atom stereocenters. The highest BCUT2D eigenvalue weighted by Crippen LogP contribution is 2.27. The number of hydrogen-bond donors (Lipinski definition) is 6. The van der Waals surface area contributed by atoms with E-state index in [1.807, 2.05) is 0 Å². The van der Waals surface area contributed by atoms with Gasteiger partial charge < -0.3 is 36.4 Å². The number of aromatic hydroxyl groups is 1. The van der Waals surface area contributed by atoms with Crippen LogP contribution in [0.5, 0.6) is 11.5 Å². The van der Waals surface area contributed by atoms with E-state index in [2.05, 4.69) is 17.6 Å². The van der Waals surface area contributed by atoms with Crippen LogP contribution in [0.2, 0.25) is 0 Å². The van der Waals surface area contributed by atoms with Crippen LogP contribution in [0.25, 0.3) is 0 Å². The van der Waals surface area contributed by atoms with Gasteiger partial charge >= 0.3 is 11.9 Å². The number of ether oxygens (including phenoxy) is 1. The third-order valence-electron chi connectivity index (χ3n) is 6.09. The van der Waals surface area contributed by atoms with Gasteiger partial charge in [-0.05, 0) is 37.0 Å². The van der Waals surface area contributed by atoms with Gasteiger partial charge in [-0.1, -0.05) is 32.3 Å². The fraction of sp³-hybridized carbons (Fsp3) is 0.593. The number of carboxylic acids is 2. The van der Waals surface area contributed by atoms with Gasteiger partial charge in [0.05, 0.1) is 7.11 Å². The molecule has 0 aliphatic heterocycles. The quantitative estimate of drug-likeness (QED) is 0.115. The van der Waals surface area contributed by atoms with Crippen molar-refractivity contribution in [3.63, 3.8) is 0 Å². The minimum Gasteiger partial charge on any atom is -0.504 e. The van der Waals surface area contributed by atoms with Crippen molar-refractivity contribution in [2.45, 2.75) is 82.0 Å². The van der Waals surface area contributed by atoms with Gasteiger partial charge in [-0.15, -0.1) is 0 Å². The number of nitrogens with two attached hydrogens (primary N) is 1. The normalized spacial score (nSPS) is 13.1. The van der Waals surface area contributed by atoms with Crippen molar-refractivity contribution >= 4 is 41.3 Å². The highest BCUT2D eigenvalue weighted by molar-refractivity contribution is 8.00. The summed E-state index contributed by atoms with van der Waals surface area (Å²) in [5, 5.41) is 32.2. The van der Waals surface area contributed by atoms with Gasteiger partial charge in [-0.2, -0.15) is 11.8 Å². The van der Waals surface area contributed by atoms with Gasteiger partial charge in [0.2, 0.25) is 11.8 Å². The molecule has 0 spiro atoms. The van der Waals surface area contributed by atoms with Gasteiger partial charge in [0.1, 0.15) is 24.4 Å². The molecule has 3 atom stereocenters. The number of hydrogen-bond acceptors (Lipinski definition) is 9. The van der Waals surface area contributed by atoms with Gasteiger partial charge in [0.15, 0.2) is 11.5 Å². The zero-order chi connectivity index (χ0) is 30.1. The fourth-order valence-electron chi connectivity index (χ4n) is 3.76. The number of methoxy groups -OCH3 is 1. The van der Waals surface area contributed by atoms with Crippen LogP contribution in [0.1, 0.15) is 63.9 Å². The number of phenolic OH excluding ortho intramolecular Hbond substituents is 1. The van der Waals surface area contributed by atoms with Crippen LogP contribution in [0, 0.1) is 0 Å². The maximum Gasteiger partial charge on any atom is 0.322 e. The molecule has 2 amide bonds. The number of unbranched alkanes of at least 4 members (excludes halogenated alkanes) is 2. The lowest BCUT2D eigenvalue weighted by molar-refractivity contribution is -0.139. The van der Waals surface area contributed by atoms with Crippen molar-refractivity contribution in [2.75, 3.05) is 19.4 Å². The number of phenols is 1. The number of ketones is 1. The molecule has 7 N–H and O–H groups in total. The molecule has 40 heavy (non-hydrogen) atoms. The zero-order valence-electron chi connectivity index (χ0n) is 23.0. The van der Waals surface area contributed by atoms with E-state index >= 15 is 0 Å². The van der Waals surface area contributed by atoms with E-state index in [1.165, 1.54) is 24.9 Å². The molecule has 0 aliphatic rings. The number of Topliss-reactive ketones (excluding diaryl/α,β-unsaturated/α-hetero) is 1. The van der Waals surface area contributed by atoms with Crippen molar-refractivity contribution in [1.82, 2.24) is 10.6 Å². The van der Waals surface area contributed by atoms with Gasteiger partial charge in [0.25, 0.3) is 0 Å². The number of aryl methyl sites for hydroxylation is 1. The SMILES string of the molecule is CCCCC[C@H](CC(=O)CCc1ccc(O)c(OC)c1)SC[C@H](NC(=O)CC[C@H](N)C(=O)O)C(=O)NCC(=O)O. The summed E-state index contributed by atoms with van der Waals surface area (Å²) in [6.45, 7) is 1.44. The first-order valence-corrected chi connectivity index (χ1v) is 14.3. The first-order chi connectivity index (χ1) is 19.0. The topological polar surface area (TPSA) is 205 Å². The highest BCUT2D eigenvalue weighted by Gasteiger charge is 2.25. The van der Waals surface area contributed by atoms with E-state index in [4.69, 9.17) is 20.7 Å². The van der Waals surface area contributed by atoms with E-state index in [0.717, 1.165) is 31.2 Å². The Bertz CT molecular complexity index is 1010. The van der Waals surface area contributed by atoms with Crippen molar-refractivity contribution in [1.29, 1.82) is 0 Å². The van der Waals surface area contributed by atoms with E-state index in [0.29, 0.717) is 12.2 Å². The van der Waals surface area contributed by atoms with Crippen molar-refractivity contribution in [3.05, 3.63) is 23.8 Å². The van der Waals surface area contributed by atoms with E-state index < -0.39 is 42.4 Å². The molecule has 1 rings (SSSR count). The summed E-state index contributed by atoms with van der Waals surface area (Å²) in [6, 6.07) is 2.62. The highest BCUT2D eigenvalue weighted by atomic mass is 32.2. The number of nitrogens with one attached hydrogen (secondary N) is 2. The van der Waals surface area contributed by atoms with Crippen LogP contribution < -0.4 is 21.1 Å². The lowest BCUT2D eigenvalue weighted by atomic mass is 10.0. The Balaban J connectivity index is 2.83. The van der Waals surface area contributed by atoms with Crippen LogP contribution in [-0.2, 0) is 30.4 Å². The molecule has 12 nitrogen and oxygen atoms in total. The number of amides is 2. The van der Waals surface area contributed by atoms with Crippen LogP contribution in [-0.4, -0.2) is 81.6 Å². The summed E-state index contributed by atoms with van der Waals surface area (Å²) < 4.78 is 5.12. The Morgan fingerprint density at radius 1 is 1.07 bits per heavy atom. The maximum absolute atomic E-state index is 12.9. The third-order valence-corrected chi connectivity index (χ3v) is 7.48. The second-order valence-corrected chi connectivity index (χ2v) is 10.7. The molecular formula is C27H41N3O9S. The molecule has 13 heteroatoms. The van der Waals surface area contributed by atoms with E-state index in [-0.39, 0.29) is 48.2 Å². The van der Waals surface area contributed by atoms with Gasteiger partial charge in [0, 0.05) is 30.3 Å². The number of benzene rings is 1. The number of aliphatic carboxylic acids is 2. The average Bonchev–Trinajstić information content (AvgIpc) is 2.91. The largest absolute Gasteiger partial charge is 0.504 e. The molecule has 224 valence electrons. The zero-order valence-corrected chi connectivity index (χ0v) is 23.8. The Morgan fingerprint density at radius 2 is 1.80 bits per heavy atom. The van der Waals surface area contributed by atoms with Crippen LogP contribution in [0.3, 0.4) is 0 Å². The Morgan fingerprint density at radius 3 is 2.42 bits per heavy atom. The molecule has 0 heterocycles.